The van der Waals surface area contributed by atoms with Gasteiger partial charge in [0.05, 0.1) is 16.3 Å². The first-order valence-corrected chi connectivity index (χ1v) is 9.88. The summed E-state index contributed by atoms with van der Waals surface area (Å²) in [6.07, 6.45) is 1.79. The molecular weight excluding hydrogens is 342 g/mol. The van der Waals surface area contributed by atoms with Crippen LogP contribution in [0.25, 0.3) is 10.9 Å². The van der Waals surface area contributed by atoms with Gasteiger partial charge in [-0.15, -0.1) is 6.58 Å². The van der Waals surface area contributed by atoms with Crippen molar-refractivity contribution in [3.05, 3.63) is 65.6 Å². The molecule has 0 radical (unpaired) electrons. The Morgan fingerprint density at radius 2 is 2.00 bits per heavy atom. The van der Waals surface area contributed by atoms with Gasteiger partial charge in [-0.05, 0) is 32.4 Å². The zero-order valence-corrected chi connectivity index (χ0v) is 16.6. The molecule has 2 heterocycles. The minimum absolute atomic E-state index is 0.595. The van der Waals surface area contributed by atoms with E-state index >= 15 is 0 Å². The zero-order chi connectivity index (χ0) is 19.3. The molecule has 0 spiro atoms. The number of hydrogen-bond acceptors (Lipinski definition) is 4. The topological polar surface area (TPSA) is 59.2 Å². The van der Waals surface area contributed by atoms with E-state index in [2.05, 4.69) is 18.1 Å². The van der Waals surface area contributed by atoms with Crippen LogP contribution in [0.5, 0.6) is 0 Å². The Morgan fingerprint density at radius 3 is 2.65 bits per heavy atom. The largest absolute Gasteiger partial charge is 0.398 e. The highest BCUT2D eigenvalue weighted by Crippen LogP contribution is 2.27. The van der Waals surface area contributed by atoms with Crippen molar-refractivity contribution in [3.8, 4) is 0 Å². The van der Waals surface area contributed by atoms with E-state index in [1.165, 1.54) is 5.57 Å². The second-order valence-corrected chi connectivity index (χ2v) is 8.26. The molecule has 1 aliphatic heterocycles. The van der Waals surface area contributed by atoms with Gasteiger partial charge in [-0.2, -0.15) is 0 Å². The van der Waals surface area contributed by atoms with Crippen LogP contribution in [0, 0.1) is 0 Å². The molecule has 138 valence electrons. The second-order valence-electron chi connectivity index (χ2n) is 6.55. The molecule has 0 aliphatic carbocycles. The third-order valence-electron chi connectivity index (χ3n) is 4.01. The number of aromatic nitrogens is 1. The number of para-hydroxylation sites is 1. The first-order valence-electron chi connectivity index (χ1n) is 8.56. The standard InChI is InChI=1S/C17H19N3OS.C4H8/c1-3-13-11-20(8-9-22(21)12(13)2)17-10-15(18)14-6-4-5-7-16(14)19-17;1-4(2)3/h3-7,10H,1,8-9,11H2,2H3,(H2,18,19);1H2,2-3H3. The van der Waals surface area contributed by atoms with Gasteiger partial charge >= 0.3 is 0 Å². The Bertz CT molecular complexity index is 882. The quantitative estimate of drug-likeness (QED) is 0.796. The van der Waals surface area contributed by atoms with Crippen molar-refractivity contribution in [2.45, 2.75) is 20.8 Å². The molecule has 5 heteroatoms. The van der Waals surface area contributed by atoms with E-state index < -0.39 is 10.8 Å². The molecule has 0 fully saturated rings. The molecule has 2 aromatic rings. The van der Waals surface area contributed by atoms with Crippen LogP contribution in [0.3, 0.4) is 0 Å². The fraction of sp³-hybridized carbons (Fsp3) is 0.286. The van der Waals surface area contributed by atoms with Crippen molar-refractivity contribution in [1.82, 2.24) is 4.98 Å². The number of hydrogen-bond donors (Lipinski definition) is 1. The van der Waals surface area contributed by atoms with Gasteiger partial charge < -0.3 is 10.6 Å². The number of benzene rings is 1. The maximum atomic E-state index is 12.2. The lowest BCUT2D eigenvalue weighted by atomic mass is 10.1. The number of anilines is 2. The summed E-state index contributed by atoms with van der Waals surface area (Å²) in [7, 11) is -0.952. The van der Waals surface area contributed by atoms with Crippen LogP contribution in [-0.4, -0.2) is 28.0 Å². The van der Waals surface area contributed by atoms with Crippen molar-refractivity contribution < 1.29 is 4.21 Å². The van der Waals surface area contributed by atoms with Gasteiger partial charge in [-0.25, -0.2) is 4.98 Å². The van der Waals surface area contributed by atoms with Gasteiger partial charge in [0.25, 0.3) is 0 Å². The molecule has 1 aromatic carbocycles. The summed E-state index contributed by atoms with van der Waals surface area (Å²) in [5, 5.41) is 0.959. The summed E-state index contributed by atoms with van der Waals surface area (Å²) < 4.78 is 12.2. The summed E-state index contributed by atoms with van der Waals surface area (Å²) in [6.45, 7) is 14.6. The average molecular weight is 370 g/mol. The number of nitrogens with two attached hydrogens (primary N) is 1. The molecule has 0 bridgehead atoms. The summed E-state index contributed by atoms with van der Waals surface area (Å²) >= 11 is 0. The van der Waals surface area contributed by atoms with E-state index in [0.29, 0.717) is 24.5 Å². The highest BCUT2D eigenvalue weighted by molar-refractivity contribution is 7.89. The number of rotatable bonds is 2. The van der Waals surface area contributed by atoms with Crippen LogP contribution in [0.2, 0.25) is 0 Å². The van der Waals surface area contributed by atoms with Crippen LogP contribution < -0.4 is 10.6 Å². The van der Waals surface area contributed by atoms with Crippen LogP contribution in [-0.2, 0) is 10.8 Å². The number of nitrogen functional groups attached to an aromatic ring is 1. The van der Waals surface area contributed by atoms with E-state index in [-0.39, 0.29) is 0 Å². The molecule has 26 heavy (non-hydrogen) atoms. The maximum Gasteiger partial charge on any atom is 0.131 e. The van der Waals surface area contributed by atoms with Gasteiger partial charge in [-0.3, -0.25) is 4.21 Å². The van der Waals surface area contributed by atoms with Crippen molar-refractivity contribution in [3.63, 3.8) is 0 Å². The predicted molar refractivity (Wildman–Crippen MR) is 115 cm³/mol. The van der Waals surface area contributed by atoms with Crippen LogP contribution in [0.15, 0.2) is 65.6 Å². The van der Waals surface area contributed by atoms with E-state index in [1.54, 1.807) is 6.08 Å². The van der Waals surface area contributed by atoms with Crippen LogP contribution in [0.4, 0.5) is 11.5 Å². The van der Waals surface area contributed by atoms with Crippen molar-refractivity contribution in [1.29, 1.82) is 0 Å². The minimum Gasteiger partial charge on any atom is -0.398 e. The SMILES string of the molecule is C=C(C)C.C=CC1=C(C)S(=O)CCN(c2cc(N)c3ccccc3n2)C1. The first kappa shape index (κ1) is 19.9. The Labute approximate surface area is 158 Å². The monoisotopic (exact) mass is 369 g/mol. The highest BCUT2D eigenvalue weighted by atomic mass is 32.2. The Balaban J connectivity index is 0.000000552. The maximum absolute atomic E-state index is 12.2. The van der Waals surface area contributed by atoms with Gasteiger partial charge in [0.1, 0.15) is 5.82 Å². The predicted octanol–water partition coefficient (Wildman–Crippen LogP) is 4.43. The van der Waals surface area contributed by atoms with Crippen LogP contribution in [0.1, 0.15) is 20.8 Å². The fourth-order valence-electron chi connectivity index (χ4n) is 2.64. The third-order valence-corrected chi connectivity index (χ3v) is 5.51. The third kappa shape index (κ3) is 4.82. The Morgan fingerprint density at radius 1 is 1.35 bits per heavy atom. The van der Waals surface area contributed by atoms with E-state index in [4.69, 9.17) is 10.7 Å². The zero-order valence-electron chi connectivity index (χ0n) is 15.8. The van der Waals surface area contributed by atoms with E-state index in [1.807, 2.05) is 51.1 Å². The van der Waals surface area contributed by atoms with E-state index in [9.17, 15) is 4.21 Å². The normalized spacial score (nSPS) is 17.3. The number of nitrogens with zero attached hydrogens (tertiary/aromatic N) is 2. The Hall–Kier alpha value is -2.40. The molecule has 1 unspecified atom stereocenters. The van der Waals surface area contributed by atoms with Crippen molar-refractivity contribution in [2.75, 3.05) is 29.5 Å². The number of fused-ring (bicyclic) bond motifs is 1. The van der Waals surface area contributed by atoms with Crippen molar-refractivity contribution >= 4 is 33.2 Å². The number of allylic oxidation sites excluding steroid dienone is 2. The molecule has 4 nitrogen and oxygen atoms in total. The number of pyridine rings is 1. The van der Waals surface area contributed by atoms with Gasteiger partial charge in [0.15, 0.2) is 0 Å². The first-order chi connectivity index (χ1) is 12.3. The van der Waals surface area contributed by atoms with Crippen LogP contribution >= 0.6 is 0 Å². The molecular formula is C21H27N3OS. The summed E-state index contributed by atoms with van der Waals surface area (Å²) in [5.74, 6) is 1.42. The molecule has 1 atom stereocenters. The summed E-state index contributed by atoms with van der Waals surface area (Å²) in [6, 6.07) is 9.73. The molecule has 1 aliphatic rings. The Kier molecular flexibility index (Phi) is 6.75. The highest BCUT2D eigenvalue weighted by Gasteiger charge is 2.19. The molecule has 0 saturated carbocycles. The lowest BCUT2D eigenvalue weighted by Crippen LogP contribution is -2.28. The van der Waals surface area contributed by atoms with E-state index in [0.717, 1.165) is 27.2 Å². The lowest BCUT2D eigenvalue weighted by Gasteiger charge is -2.23. The summed E-state index contributed by atoms with van der Waals surface area (Å²) in [4.78, 5) is 7.74. The molecule has 3 rings (SSSR count). The molecule has 1 aromatic heterocycles. The van der Waals surface area contributed by atoms with Gasteiger partial charge in [0, 0.05) is 40.9 Å². The minimum atomic E-state index is -0.952. The summed E-state index contributed by atoms with van der Waals surface area (Å²) in [5.41, 5.74) is 9.93. The molecule has 0 amide bonds. The van der Waals surface area contributed by atoms with Gasteiger partial charge in [-0.1, -0.05) is 36.4 Å². The molecule has 0 saturated heterocycles. The lowest BCUT2D eigenvalue weighted by molar-refractivity contribution is 0.686. The average Bonchev–Trinajstić information content (AvgIpc) is 2.74. The van der Waals surface area contributed by atoms with Gasteiger partial charge in [0.2, 0.25) is 0 Å². The second kappa shape index (κ2) is 8.81. The fourth-order valence-corrected chi connectivity index (χ4v) is 3.77. The molecule has 2 N–H and O–H groups in total. The van der Waals surface area contributed by atoms with Crippen molar-refractivity contribution in [2.24, 2.45) is 0 Å². The smallest absolute Gasteiger partial charge is 0.131 e.